The van der Waals surface area contributed by atoms with E-state index in [1.807, 2.05) is 0 Å². The molecule has 1 unspecified atom stereocenters. The van der Waals surface area contributed by atoms with Gasteiger partial charge in [-0.15, -0.1) is 0 Å². The van der Waals surface area contributed by atoms with E-state index in [0.29, 0.717) is 0 Å². The van der Waals surface area contributed by atoms with Gasteiger partial charge in [-0.05, 0) is 56.3 Å². The second kappa shape index (κ2) is 9.15. The summed E-state index contributed by atoms with van der Waals surface area (Å²) in [5.41, 5.74) is -1.05. The van der Waals surface area contributed by atoms with Gasteiger partial charge in [-0.1, -0.05) is 11.6 Å². The van der Waals surface area contributed by atoms with Gasteiger partial charge in [-0.3, -0.25) is 14.3 Å². The van der Waals surface area contributed by atoms with Crippen molar-refractivity contribution in [2.75, 3.05) is 4.72 Å². The van der Waals surface area contributed by atoms with Gasteiger partial charge in [0, 0.05) is 16.3 Å². The van der Waals surface area contributed by atoms with Crippen molar-refractivity contribution in [3.8, 4) is 5.75 Å². The highest BCUT2D eigenvalue weighted by Crippen LogP contribution is 2.35. The number of ether oxygens (including phenoxy) is 1. The zero-order valence-corrected chi connectivity index (χ0v) is 17.7. The maximum Gasteiger partial charge on any atom is 0.451 e. The molecule has 2 aromatic rings. The van der Waals surface area contributed by atoms with E-state index >= 15 is 0 Å². The summed E-state index contributed by atoms with van der Waals surface area (Å²) in [7, 11) is -4.19. The Labute approximate surface area is 180 Å². The summed E-state index contributed by atoms with van der Waals surface area (Å²) in [5, 5.41) is 10.3. The molecule has 0 fully saturated rings. The van der Waals surface area contributed by atoms with Crippen LogP contribution < -0.4 is 4.72 Å². The molecule has 0 aliphatic heterocycles. The van der Waals surface area contributed by atoms with E-state index in [9.17, 15) is 36.3 Å². The van der Waals surface area contributed by atoms with Crippen LogP contribution in [0.3, 0.4) is 0 Å². The Balaban J connectivity index is 2.49. The number of phenolic OH excluding ortho intramolecular Hbond substituents is 1. The number of sulfonamides is 1. The van der Waals surface area contributed by atoms with Gasteiger partial charge in [0.25, 0.3) is 15.8 Å². The number of phenols is 1. The number of anilines is 1. The van der Waals surface area contributed by atoms with Crippen LogP contribution in [0.15, 0.2) is 47.4 Å². The first kappa shape index (κ1) is 24.5. The summed E-state index contributed by atoms with van der Waals surface area (Å²) in [4.78, 5) is 23.9. The minimum absolute atomic E-state index is 0.200. The van der Waals surface area contributed by atoms with E-state index in [-0.39, 0.29) is 15.6 Å². The number of hydrogen-bond acceptors (Lipinski definition) is 6. The van der Waals surface area contributed by atoms with Gasteiger partial charge in [0.05, 0.1) is 11.0 Å². The van der Waals surface area contributed by atoms with E-state index in [4.69, 9.17) is 16.3 Å². The first-order valence-electron chi connectivity index (χ1n) is 8.65. The summed E-state index contributed by atoms with van der Waals surface area (Å²) in [5.74, 6) is -7.36. The molecule has 0 aromatic heterocycles. The fourth-order valence-electron chi connectivity index (χ4n) is 2.52. The third-order valence-electron chi connectivity index (χ3n) is 3.84. The zero-order chi connectivity index (χ0) is 23.6. The van der Waals surface area contributed by atoms with E-state index in [0.717, 1.165) is 18.2 Å². The Hall–Kier alpha value is -2.79. The molecule has 0 radical (unpaired) electrons. The molecule has 2 rings (SSSR count). The van der Waals surface area contributed by atoms with E-state index in [1.165, 1.54) is 38.1 Å². The van der Waals surface area contributed by atoms with Gasteiger partial charge < -0.3 is 9.84 Å². The molecule has 0 saturated carbocycles. The summed E-state index contributed by atoms with van der Waals surface area (Å²) >= 11 is 5.72. The number of hydrogen-bond donors (Lipinski definition) is 2. The van der Waals surface area contributed by atoms with Crippen LogP contribution in [0.25, 0.3) is 0 Å². The van der Waals surface area contributed by atoms with E-state index < -0.39 is 51.3 Å². The van der Waals surface area contributed by atoms with Crippen LogP contribution in [-0.2, 0) is 24.3 Å². The van der Waals surface area contributed by atoms with Crippen LogP contribution in [0.1, 0.15) is 25.3 Å². The van der Waals surface area contributed by atoms with Crippen LogP contribution in [0, 0.1) is 0 Å². The number of benzene rings is 2. The number of nitrogens with one attached hydrogen (secondary N) is 1. The van der Waals surface area contributed by atoms with Crippen molar-refractivity contribution in [2.24, 2.45) is 0 Å². The van der Waals surface area contributed by atoms with Gasteiger partial charge in [0.15, 0.2) is 5.92 Å². The molecule has 0 amide bonds. The van der Waals surface area contributed by atoms with Gasteiger partial charge in [0.2, 0.25) is 0 Å². The molecule has 0 heterocycles. The third kappa shape index (κ3) is 6.11. The Bertz CT molecular complexity index is 1080. The van der Waals surface area contributed by atoms with Crippen molar-refractivity contribution in [2.45, 2.75) is 36.9 Å². The third-order valence-corrected chi connectivity index (χ3v) is 5.49. The van der Waals surface area contributed by atoms with Crippen LogP contribution in [0.4, 0.5) is 18.9 Å². The molecule has 0 spiro atoms. The SMILES string of the molecule is CC(C)OC(=O)C(C(=O)C(F)(F)F)c1cc(NS(=O)(=O)c2ccc(Cl)cc2)ccc1O. The lowest BCUT2D eigenvalue weighted by atomic mass is 9.93. The summed E-state index contributed by atoms with van der Waals surface area (Å²) in [6, 6.07) is 7.70. The fraction of sp³-hybridized carbons (Fsp3) is 0.263. The summed E-state index contributed by atoms with van der Waals surface area (Å²) in [6.07, 6.45) is -6.25. The smallest absolute Gasteiger partial charge is 0.451 e. The number of carbonyl (C=O) groups excluding carboxylic acids is 2. The van der Waals surface area contributed by atoms with Crippen molar-refractivity contribution >= 4 is 39.1 Å². The summed E-state index contributed by atoms with van der Waals surface area (Å²) in [6.45, 7) is 2.73. The average molecular weight is 480 g/mol. The average Bonchev–Trinajstić information content (AvgIpc) is 2.63. The maximum absolute atomic E-state index is 13.1. The normalized spacial score (nSPS) is 13.0. The lowest BCUT2D eigenvalue weighted by molar-refractivity contribution is -0.178. The van der Waals surface area contributed by atoms with E-state index in [1.54, 1.807) is 0 Å². The molecule has 2 aromatic carbocycles. The van der Waals surface area contributed by atoms with Gasteiger partial charge in [-0.2, -0.15) is 13.2 Å². The Morgan fingerprint density at radius 3 is 2.19 bits per heavy atom. The van der Waals surface area contributed by atoms with Gasteiger partial charge in [-0.25, -0.2) is 8.42 Å². The fourth-order valence-corrected chi connectivity index (χ4v) is 3.69. The highest BCUT2D eigenvalue weighted by molar-refractivity contribution is 7.92. The number of halogens is 4. The van der Waals surface area contributed by atoms with Gasteiger partial charge in [0.1, 0.15) is 5.75 Å². The molecule has 0 bridgehead atoms. The van der Waals surface area contributed by atoms with Crippen LogP contribution in [0.2, 0.25) is 5.02 Å². The topological polar surface area (TPSA) is 110 Å². The van der Waals surface area contributed by atoms with Gasteiger partial charge >= 0.3 is 12.1 Å². The number of aromatic hydroxyl groups is 1. The molecule has 1 atom stereocenters. The van der Waals surface area contributed by atoms with Crippen molar-refractivity contribution in [1.82, 2.24) is 0 Å². The lowest BCUT2D eigenvalue weighted by Crippen LogP contribution is -2.35. The molecular formula is C19H17ClF3NO6S. The molecule has 7 nitrogen and oxygen atoms in total. The molecule has 12 heteroatoms. The van der Waals surface area contributed by atoms with Crippen molar-refractivity contribution in [1.29, 1.82) is 0 Å². The maximum atomic E-state index is 13.1. The minimum atomic E-state index is -5.41. The number of carbonyl (C=O) groups is 2. The monoisotopic (exact) mass is 479 g/mol. The van der Waals surface area contributed by atoms with Crippen LogP contribution >= 0.6 is 11.6 Å². The lowest BCUT2D eigenvalue weighted by Gasteiger charge is -2.20. The number of ketones is 1. The van der Waals surface area contributed by atoms with Crippen LogP contribution in [0.5, 0.6) is 5.75 Å². The second-order valence-corrected chi connectivity index (χ2v) is 8.73. The largest absolute Gasteiger partial charge is 0.508 e. The number of alkyl halides is 3. The van der Waals surface area contributed by atoms with Crippen molar-refractivity contribution < 1.29 is 41.0 Å². The number of rotatable bonds is 7. The Kier molecular flexibility index (Phi) is 7.22. The molecule has 31 heavy (non-hydrogen) atoms. The molecule has 0 aliphatic carbocycles. The van der Waals surface area contributed by atoms with Crippen molar-refractivity contribution in [3.63, 3.8) is 0 Å². The first-order chi connectivity index (χ1) is 14.2. The zero-order valence-electron chi connectivity index (χ0n) is 16.1. The standard InChI is InChI=1S/C19H17ClF3NO6S/c1-10(2)30-18(27)16(17(26)19(21,22)23)14-9-12(5-8-15(14)25)24-31(28,29)13-6-3-11(20)4-7-13/h3-10,16,24-25H,1-2H3. The molecule has 168 valence electrons. The quantitative estimate of drug-likeness (QED) is 0.353. The van der Waals surface area contributed by atoms with E-state index in [2.05, 4.69) is 4.72 Å². The number of esters is 1. The predicted molar refractivity (Wildman–Crippen MR) is 105 cm³/mol. The molecule has 2 N–H and O–H groups in total. The van der Waals surface area contributed by atoms with Crippen LogP contribution in [-0.4, -0.2) is 37.6 Å². The molecule has 0 aliphatic rings. The number of Topliss-reactive ketones (excluding diaryl/α,β-unsaturated/α-hetero) is 1. The molecule has 0 saturated heterocycles. The molecular weight excluding hydrogens is 463 g/mol. The second-order valence-electron chi connectivity index (χ2n) is 6.61. The first-order valence-corrected chi connectivity index (χ1v) is 10.5. The minimum Gasteiger partial charge on any atom is -0.508 e. The highest BCUT2D eigenvalue weighted by atomic mass is 35.5. The Morgan fingerprint density at radius 1 is 1.10 bits per heavy atom. The Morgan fingerprint density at radius 2 is 1.68 bits per heavy atom. The predicted octanol–water partition coefficient (Wildman–Crippen LogP) is 4.01. The van der Waals surface area contributed by atoms with Crippen molar-refractivity contribution in [3.05, 3.63) is 53.1 Å². The summed E-state index contributed by atoms with van der Waals surface area (Å²) < 4.78 is 71.1. The highest BCUT2D eigenvalue weighted by Gasteiger charge is 2.48.